The Bertz CT molecular complexity index is 277. The van der Waals surface area contributed by atoms with Crippen LogP contribution in [0.25, 0.3) is 0 Å². The first kappa shape index (κ1) is 15.4. The van der Waals surface area contributed by atoms with Crippen LogP contribution in [0.5, 0.6) is 0 Å². The van der Waals surface area contributed by atoms with Crippen LogP contribution in [-0.4, -0.2) is 48.6 Å². The summed E-state index contributed by atoms with van der Waals surface area (Å²) in [5.41, 5.74) is 0. The molecule has 1 N–H and O–H groups in total. The standard InChI is InChI=1S/C11H19NO5/c1-12(8-4-7-11(16)17-2)9(13)5-3-6-10(14)15/h3-8H2,1-2H3,(H,14,15). The van der Waals surface area contributed by atoms with E-state index in [1.165, 1.54) is 12.0 Å². The number of hydrogen-bond acceptors (Lipinski definition) is 4. The van der Waals surface area contributed by atoms with Gasteiger partial charge in [-0.25, -0.2) is 0 Å². The van der Waals surface area contributed by atoms with Gasteiger partial charge in [0.15, 0.2) is 0 Å². The number of carboxylic acids is 1. The third kappa shape index (κ3) is 8.24. The van der Waals surface area contributed by atoms with Crippen LogP contribution >= 0.6 is 0 Å². The maximum absolute atomic E-state index is 11.5. The largest absolute Gasteiger partial charge is 0.481 e. The molecule has 0 aromatic rings. The molecule has 0 aliphatic heterocycles. The predicted octanol–water partition coefficient (Wildman–Crippen LogP) is 0.653. The van der Waals surface area contributed by atoms with Crippen LogP contribution in [0.4, 0.5) is 0 Å². The van der Waals surface area contributed by atoms with Gasteiger partial charge < -0.3 is 14.7 Å². The van der Waals surface area contributed by atoms with Crippen molar-refractivity contribution < 1.29 is 24.2 Å². The van der Waals surface area contributed by atoms with Crippen LogP contribution < -0.4 is 0 Å². The first-order valence-electron chi connectivity index (χ1n) is 5.50. The summed E-state index contributed by atoms with van der Waals surface area (Å²) in [7, 11) is 2.96. The van der Waals surface area contributed by atoms with Gasteiger partial charge in [0.05, 0.1) is 7.11 Å². The lowest BCUT2D eigenvalue weighted by Gasteiger charge is -2.16. The first-order valence-corrected chi connectivity index (χ1v) is 5.50. The van der Waals surface area contributed by atoms with Crippen molar-refractivity contribution in [3.8, 4) is 0 Å². The third-order valence-corrected chi connectivity index (χ3v) is 2.31. The molecule has 0 heterocycles. The normalized spacial score (nSPS) is 9.76. The molecule has 98 valence electrons. The van der Waals surface area contributed by atoms with E-state index in [0.717, 1.165) is 0 Å². The molecule has 0 saturated heterocycles. The minimum atomic E-state index is -0.897. The highest BCUT2D eigenvalue weighted by atomic mass is 16.5. The van der Waals surface area contributed by atoms with Gasteiger partial charge in [-0.05, 0) is 12.8 Å². The van der Waals surface area contributed by atoms with Crippen molar-refractivity contribution in [3.63, 3.8) is 0 Å². The highest BCUT2D eigenvalue weighted by molar-refractivity contribution is 5.76. The third-order valence-electron chi connectivity index (χ3n) is 2.31. The summed E-state index contributed by atoms with van der Waals surface area (Å²) in [6.07, 6.45) is 1.40. The molecule has 0 aromatic carbocycles. The molecular weight excluding hydrogens is 226 g/mol. The van der Waals surface area contributed by atoms with Gasteiger partial charge in [0.25, 0.3) is 0 Å². The van der Waals surface area contributed by atoms with Gasteiger partial charge in [-0.2, -0.15) is 0 Å². The van der Waals surface area contributed by atoms with E-state index in [-0.39, 0.29) is 31.1 Å². The van der Waals surface area contributed by atoms with Gasteiger partial charge in [0.2, 0.25) is 5.91 Å². The van der Waals surface area contributed by atoms with E-state index in [9.17, 15) is 14.4 Å². The van der Waals surface area contributed by atoms with E-state index in [2.05, 4.69) is 4.74 Å². The number of ether oxygens (including phenoxy) is 1. The van der Waals surface area contributed by atoms with E-state index in [4.69, 9.17) is 5.11 Å². The first-order chi connectivity index (χ1) is 7.97. The van der Waals surface area contributed by atoms with E-state index >= 15 is 0 Å². The summed E-state index contributed by atoms with van der Waals surface area (Å²) < 4.78 is 4.48. The van der Waals surface area contributed by atoms with Crippen LogP contribution in [0, 0.1) is 0 Å². The average Bonchev–Trinajstić information content (AvgIpc) is 2.27. The molecule has 6 nitrogen and oxygen atoms in total. The van der Waals surface area contributed by atoms with Gasteiger partial charge in [-0.15, -0.1) is 0 Å². The second-order valence-electron chi connectivity index (χ2n) is 3.74. The van der Waals surface area contributed by atoms with Gasteiger partial charge in [0, 0.05) is 32.9 Å². The second-order valence-corrected chi connectivity index (χ2v) is 3.74. The minimum Gasteiger partial charge on any atom is -0.481 e. The van der Waals surface area contributed by atoms with Crippen molar-refractivity contribution in [1.29, 1.82) is 0 Å². The minimum absolute atomic E-state index is 0.00173. The molecule has 6 heteroatoms. The molecule has 17 heavy (non-hydrogen) atoms. The Morgan fingerprint density at radius 2 is 1.76 bits per heavy atom. The van der Waals surface area contributed by atoms with Crippen molar-refractivity contribution in [3.05, 3.63) is 0 Å². The zero-order valence-electron chi connectivity index (χ0n) is 10.3. The number of amides is 1. The quantitative estimate of drug-likeness (QED) is 0.635. The molecule has 0 radical (unpaired) electrons. The molecule has 0 spiro atoms. The Kier molecular flexibility index (Phi) is 7.75. The SMILES string of the molecule is COC(=O)CCCN(C)C(=O)CCCC(=O)O. The lowest BCUT2D eigenvalue weighted by atomic mass is 10.2. The fraction of sp³-hybridized carbons (Fsp3) is 0.727. The molecule has 0 aromatic heterocycles. The lowest BCUT2D eigenvalue weighted by Crippen LogP contribution is -2.28. The van der Waals surface area contributed by atoms with Crippen molar-refractivity contribution >= 4 is 17.8 Å². The highest BCUT2D eigenvalue weighted by Crippen LogP contribution is 2.01. The molecular formula is C11H19NO5. The lowest BCUT2D eigenvalue weighted by molar-refractivity contribution is -0.141. The van der Waals surface area contributed by atoms with Gasteiger partial charge >= 0.3 is 11.9 Å². The zero-order chi connectivity index (χ0) is 13.3. The molecule has 0 atom stereocenters. The number of carbonyl (C=O) groups excluding carboxylic acids is 2. The molecule has 0 rings (SSSR count). The summed E-state index contributed by atoms with van der Waals surface area (Å²) in [5.74, 6) is -1.29. The molecule has 0 saturated carbocycles. The van der Waals surface area contributed by atoms with Crippen LogP contribution in [-0.2, 0) is 19.1 Å². The molecule has 0 bridgehead atoms. The van der Waals surface area contributed by atoms with Crippen molar-refractivity contribution in [2.75, 3.05) is 20.7 Å². The average molecular weight is 245 g/mol. The zero-order valence-corrected chi connectivity index (χ0v) is 10.3. The molecule has 1 amide bonds. The number of aliphatic carboxylic acids is 1. The van der Waals surface area contributed by atoms with Crippen LogP contribution in [0.15, 0.2) is 0 Å². The van der Waals surface area contributed by atoms with Crippen LogP contribution in [0.3, 0.4) is 0 Å². The number of esters is 1. The van der Waals surface area contributed by atoms with Crippen molar-refractivity contribution in [2.45, 2.75) is 32.1 Å². The molecule has 0 unspecified atom stereocenters. The fourth-order valence-electron chi connectivity index (χ4n) is 1.27. The van der Waals surface area contributed by atoms with E-state index in [0.29, 0.717) is 19.4 Å². The number of methoxy groups -OCH3 is 1. The van der Waals surface area contributed by atoms with Crippen LogP contribution in [0.1, 0.15) is 32.1 Å². The number of carbonyl (C=O) groups is 3. The Balaban J connectivity index is 3.67. The molecule has 0 aliphatic rings. The summed E-state index contributed by atoms with van der Waals surface area (Å²) in [6, 6.07) is 0. The van der Waals surface area contributed by atoms with E-state index in [1.54, 1.807) is 7.05 Å². The summed E-state index contributed by atoms with van der Waals surface area (Å²) in [4.78, 5) is 34.1. The monoisotopic (exact) mass is 245 g/mol. The van der Waals surface area contributed by atoms with E-state index < -0.39 is 5.97 Å². The van der Waals surface area contributed by atoms with Gasteiger partial charge in [-0.3, -0.25) is 14.4 Å². The van der Waals surface area contributed by atoms with Crippen molar-refractivity contribution in [2.24, 2.45) is 0 Å². The summed E-state index contributed by atoms with van der Waals surface area (Å²) in [6.45, 7) is 0.473. The van der Waals surface area contributed by atoms with Gasteiger partial charge in [0.1, 0.15) is 0 Å². The number of rotatable bonds is 8. The number of hydrogen-bond donors (Lipinski definition) is 1. The van der Waals surface area contributed by atoms with Gasteiger partial charge in [-0.1, -0.05) is 0 Å². The highest BCUT2D eigenvalue weighted by Gasteiger charge is 2.10. The van der Waals surface area contributed by atoms with E-state index in [1.807, 2.05) is 0 Å². The summed E-state index contributed by atoms with van der Waals surface area (Å²) in [5, 5.41) is 8.42. The Labute approximate surface area is 101 Å². The smallest absolute Gasteiger partial charge is 0.305 e. The Hall–Kier alpha value is -1.59. The molecule has 0 aliphatic carbocycles. The second kappa shape index (κ2) is 8.55. The topological polar surface area (TPSA) is 83.9 Å². The van der Waals surface area contributed by atoms with Crippen molar-refractivity contribution in [1.82, 2.24) is 4.90 Å². The Morgan fingerprint density at radius 1 is 1.12 bits per heavy atom. The fourth-order valence-corrected chi connectivity index (χ4v) is 1.27. The number of carboxylic acid groups (broad SMARTS) is 1. The maximum Gasteiger partial charge on any atom is 0.305 e. The summed E-state index contributed by atoms with van der Waals surface area (Å²) >= 11 is 0. The number of nitrogens with zero attached hydrogens (tertiary/aromatic N) is 1. The predicted molar refractivity (Wildman–Crippen MR) is 60.4 cm³/mol. The van der Waals surface area contributed by atoms with Crippen LogP contribution in [0.2, 0.25) is 0 Å². The molecule has 0 fully saturated rings. The Morgan fingerprint density at radius 3 is 2.29 bits per heavy atom. The maximum atomic E-state index is 11.5.